The molecule has 132 valence electrons. The summed E-state index contributed by atoms with van der Waals surface area (Å²) in [6.07, 6.45) is 3.85. The van der Waals surface area contributed by atoms with Crippen molar-refractivity contribution in [2.45, 2.75) is 6.42 Å². The second-order valence-corrected chi connectivity index (χ2v) is 6.50. The first kappa shape index (κ1) is 17.8. The number of carbonyl (C=O) groups excluding carboxylic acids is 1. The van der Waals surface area contributed by atoms with E-state index in [0.29, 0.717) is 47.7 Å². The monoisotopic (exact) mass is 379 g/mol. The number of benzene rings is 1. The van der Waals surface area contributed by atoms with Crippen LogP contribution in [0.4, 0.5) is 11.6 Å². The maximum absolute atomic E-state index is 12.4. The van der Waals surface area contributed by atoms with E-state index in [1.807, 2.05) is 4.90 Å². The topological polar surface area (TPSA) is 61.4 Å². The smallest absolute Gasteiger partial charge is 0.225 e. The summed E-state index contributed by atoms with van der Waals surface area (Å²) in [5.41, 5.74) is 0.671. The maximum Gasteiger partial charge on any atom is 0.225 e. The molecule has 0 unspecified atom stereocenters. The number of para-hydroxylation sites is 1. The van der Waals surface area contributed by atoms with Gasteiger partial charge >= 0.3 is 0 Å². The van der Waals surface area contributed by atoms with Crippen LogP contribution in [-0.2, 0) is 4.79 Å². The first-order valence-electron chi connectivity index (χ1n) is 8.13. The number of halogens is 2. The molecule has 0 bridgehead atoms. The molecule has 1 aromatic carbocycles. The molecule has 2 heterocycles. The molecule has 2 aromatic rings. The second-order valence-electron chi connectivity index (χ2n) is 5.69. The first-order chi connectivity index (χ1) is 12.1. The molecule has 0 aliphatic carbocycles. The standard InChI is InChI=1S/C17H19Cl2N5O/c18-13-3-1-4-14(19)16(13)20-8-5-15(25)23-9-11-24(12-10-23)17-21-6-2-7-22-17/h1-4,6-7,20H,5,8-12H2. The quantitative estimate of drug-likeness (QED) is 0.864. The number of hydrogen-bond acceptors (Lipinski definition) is 5. The molecule has 1 aromatic heterocycles. The average molecular weight is 380 g/mol. The molecule has 25 heavy (non-hydrogen) atoms. The third-order valence-electron chi connectivity index (χ3n) is 4.07. The van der Waals surface area contributed by atoms with E-state index in [-0.39, 0.29) is 5.91 Å². The number of carbonyl (C=O) groups is 1. The summed E-state index contributed by atoms with van der Waals surface area (Å²) in [7, 11) is 0. The molecule has 0 spiro atoms. The number of piperazine rings is 1. The fraction of sp³-hybridized carbons (Fsp3) is 0.353. The number of hydrogen-bond donors (Lipinski definition) is 1. The lowest BCUT2D eigenvalue weighted by molar-refractivity contribution is -0.131. The Balaban J connectivity index is 1.45. The van der Waals surface area contributed by atoms with Gasteiger partial charge in [-0.15, -0.1) is 0 Å². The Morgan fingerprint density at radius 1 is 1.04 bits per heavy atom. The van der Waals surface area contributed by atoms with Crippen LogP contribution in [0.5, 0.6) is 0 Å². The Labute approximate surface area is 156 Å². The Bertz CT molecular complexity index is 700. The Kier molecular flexibility index (Phi) is 5.94. The van der Waals surface area contributed by atoms with Crippen LogP contribution >= 0.6 is 23.2 Å². The van der Waals surface area contributed by atoms with Gasteiger partial charge in [0, 0.05) is 51.5 Å². The maximum atomic E-state index is 12.4. The third kappa shape index (κ3) is 4.52. The SMILES string of the molecule is O=C(CCNc1c(Cl)cccc1Cl)N1CCN(c2ncccn2)CC1. The van der Waals surface area contributed by atoms with Gasteiger partial charge in [0.2, 0.25) is 11.9 Å². The zero-order valence-corrected chi connectivity index (χ0v) is 15.2. The highest BCUT2D eigenvalue weighted by Crippen LogP contribution is 2.29. The van der Waals surface area contributed by atoms with Gasteiger partial charge in [-0.05, 0) is 18.2 Å². The minimum absolute atomic E-state index is 0.115. The highest BCUT2D eigenvalue weighted by molar-refractivity contribution is 6.39. The van der Waals surface area contributed by atoms with Crippen LogP contribution in [0, 0.1) is 0 Å². The highest BCUT2D eigenvalue weighted by Gasteiger charge is 2.22. The predicted molar refractivity (Wildman–Crippen MR) is 100 cm³/mol. The molecular formula is C17H19Cl2N5O. The summed E-state index contributed by atoms with van der Waals surface area (Å²) in [5.74, 6) is 0.828. The van der Waals surface area contributed by atoms with Crippen molar-refractivity contribution in [3.05, 3.63) is 46.7 Å². The van der Waals surface area contributed by atoms with E-state index in [1.165, 1.54) is 0 Å². The van der Waals surface area contributed by atoms with Crippen molar-refractivity contribution in [3.8, 4) is 0 Å². The summed E-state index contributed by atoms with van der Waals surface area (Å²) in [5, 5.41) is 4.25. The van der Waals surface area contributed by atoms with Gasteiger partial charge in [0.25, 0.3) is 0 Å². The summed E-state index contributed by atoms with van der Waals surface area (Å²) in [4.78, 5) is 24.8. The second kappa shape index (κ2) is 8.36. The van der Waals surface area contributed by atoms with Gasteiger partial charge in [-0.25, -0.2) is 9.97 Å². The Morgan fingerprint density at radius 2 is 1.68 bits per heavy atom. The number of rotatable bonds is 5. The molecule has 1 fully saturated rings. The van der Waals surface area contributed by atoms with Gasteiger partial charge in [-0.3, -0.25) is 4.79 Å². The number of aromatic nitrogens is 2. The van der Waals surface area contributed by atoms with Crippen LogP contribution in [0.3, 0.4) is 0 Å². The lowest BCUT2D eigenvalue weighted by Crippen LogP contribution is -2.49. The van der Waals surface area contributed by atoms with Crippen LogP contribution in [-0.4, -0.2) is 53.5 Å². The van der Waals surface area contributed by atoms with Crippen molar-refractivity contribution in [1.29, 1.82) is 0 Å². The van der Waals surface area contributed by atoms with Gasteiger partial charge in [-0.1, -0.05) is 29.3 Å². The number of nitrogens with zero attached hydrogens (tertiary/aromatic N) is 4. The van der Waals surface area contributed by atoms with E-state index < -0.39 is 0 Å². The molecular weight excluding hydrogens is 361 g/mol. The predicted octanol–water partition coefficient (Wildman–Crippen LogP) is 2.93. The van der Waals surface area contributed by atoms with E-state index in [4.69, 9.17) is 23.2 Å². The van der Waals surface area contributed by atoms with Crippen LogP contribution in [0.2, 0.25) is 10.0 Å². The normalized spacial score (nSPS) is 14.5. The van der Waals surface area contributed by atoms with Crippen LogP contribution < -0.4 is 10.2 Å². The molecule has 3 rings (SSSR count). The largest absolute Gasteiger partial charge is 0.382 e. The van der Waals surface area contributed by atoms with Gasteiger partial charge in [0.1, 0.15) is 0 Å². The molecule has 1 aliphatic rings. The molecule has 1 aliphatic heterocycles. The van der Waals surface area contributed by atoms with Crippen LogP contribution in [0.25, 0.3) is 0 Å². The summed E-state index contributed by atoms with van der Waals surface area (Å²) < 4.78 is 0. The summed E-state index contributed by atoms with van der Waals surface area (Å²) in [6.45, 7) is 3.30. The van der Waals surface area contributed by atoms with Crippen molar-refractivity contribution in [2.24, 2.45) is 0 Å². The molecule has 1 saturated heterocycles. The first-order valence-corrected chi connectivity index (χ1v) is 8.88. The minimum Gasteiger partial charge on any atom is -0.382 e. The Morgan fingerprint density at radius 3 is 2.32 bits per heavy atom. The zero-order chi connectivity index (χ0) is 17.6. The van der Waals surface area contributed by atoms with E-state index >= 15 is 0 Å². The fourth-order valence-corrected chi connectivity index (χ4v) is 3.26. The number of nitrogens with one attached hydrogen (secondary N) is 1. The van der Waals surface area contributed by atoms with Gasteiger partial charge < -0.3 is 15.1 Å². The van der Waals surface area contributed by atoms with Gasteiger partial charge in [0.15, 0.2) is 0 Å². The van der Waals surface area contributed by atoms with E-state index in [2.05, 4.69) is 20.2 Å². The average Bonchev–Trinajstić information content (AvgIpc) is 2.65. The van der Waals surface area contributed by atoms with E-state index in [9.17, 15) is 4.79 Å². The minimum atomic E-state index is 0.115. The van der Waals surface area contributed by atoms with Crippen molar-refractivity contribution >= 4 is 40.7 Å². The summed E-state index contributed by atoms with van der Waals surface area (Å²) in [6, 6.07) is 7.11. The zero-order valence-electron chi connectivity index (χ0n) is 13.7. The molecule has 1 N–H and O–H groups in total. The molecule has 0 saturated carbocycles. The summed E-state index contributed by atoms with van der Waals surface area (Å²) >= 11 is 12.2. The van der Waals surface area contributed by atoms with Crippen molar-refractivity contribution in [3.63, 3.8) is 0 Å². The van der Waals surface area contributed by atoms with Crippen molar-refractivity contribution in [2.75, 3.05) is 42.9 Å². The number of amides is 1. The van der Waals surface area contributed by atoms with Crippen LogP contribution in [0.1, 0.15) is 6.42 Å². The molecule has 0 atom stereocenters. The van der Waals surface area contributed by atoms with Crippen molar-refractivity contribution < 1.29 is 4.79 Å². The Hall–Kier alpha value is -2.05. The van der Waals surface area contributed by atoms with E-state index in [1.54, 1.807) is 36.7 Å². The molecule has 1 amide bonds. The lowest BCUT2D eigenvalue weighted by atomic mass is 10.2. The number of anilines is 2. The third-order valence-corrected chi connectivity index (χ3v) is 4.70. The lowest BCUT2D eigenvalue weighted by Gasteiger charge is -2.34. The van der Waals surface area contributed by atoms with Crippen LogP contribution in [0.15, 0.2) is 36.7 Å². The molecule has 8 heteroatoms. The van der Waals surface area contributed by atoms with Gasteiger partial charge in [-0.2, -0.15) is 0 Å². The fourth-order valence-electron chi connectivity index (χ4n) is 2.73. The molecule has 0 radical (unpaired) electrons. The van der Waals surface area contributed by atoms with Gasteiger partial charge in [0.05, 0.1) is 15.7 Å². The van der Waals surface area contributed by atoms with Crippen molar-refractivity contribution in [1.82, 2.24) is 14.9 Å². The highest BCUT2D eigenvalue weighted by atomic mass is 35.5. The molecule has 6 nitrogen and oxygen atoms in total. The van der Waals surface area contributed by atoms with E-state index in [0.717, 1.165) is 13.1 Å².